The van der Waals surface area contributed by atoms with Crippen LogP contribution in [0.4, 0.5) is 11.5 Å². The Labute approximate surface area is 84.3 Å². The number of hydrogen-bond donors (Lipinski definition) is 2. The molecule has 4 heteroatoms. The highest BCUT2D eigenvalue weighted by Gasteiger charge is 2.15. The molecule has 0 aliphatic heterocycles. The molecule has 0 spiro atoms. The van der Waals surface area contributed by atoms with Crippen LogP contribution in [0.2, 0.25) is 0 Å². The Morgan fingerprint density at radius 1 is 1.43 bits per heavy atom. The Hall–Kier alpha value is -1.45. The Kier molecular flexibility index (Phi) is 2.84. The molecule has 76 valence electrons. The maximum atomic E-state index is 6.94. The zero-order valence-corrected chi connectivity index (χ0v) is 9.05. The van der Waals surface area contributed by atoms with Gasteiger partial charge in [0, 0.05) is 13.2 Å². The van der Waals surface area contributed by atoms with Crippen LogP contribution in [0.25, 0.3) is 0 Å². The molecule has 1 heterocycles. The lowest BCUT2D eigenvalue weighted by Gasteiger charge is -2.19. The van der Waals surface area contributed by atoms with Gasteiger partial charge in [-0.3, -0.25) is 0 Å². The minimum absolute atomic E-state index is 0.0686. The summed E-state index contributed by atoms with van der Waals surface area (Å²) in [5.74, 6) is 0.431. The van der Waals surface area contributed by atoms with Gasteiger partial charge in [0.1, 0.15) is 0 Å². The zero-order chi connectivity index (χ0) is 10.8. The number of anilines is 1. The molecule has 4 nitrogen and oxygen atoms in total. The van der Waals surface area contributed by atoms with Gasteiger partial charge in [-0.1, -0.05) is 20.8 Å². The van der Waals surface area contributed by atoms with Crippen LogP contribution in [0.1, 0.15) is 26.3 Å². The van der Waals surface area contributed by atoms with Crippen molar-refractivity contribution in [1.29, 1.82) is 5.53 Å². The van der Waals surface area contributed by atoms with Crippen LogP contribution >= 0.6 is 0 Å². The third-order valence-electron chi connectivity index (χ3n) is 2.11. The van der Waals surface area contributed by atoms with Crippen LogP contribution in [-0.4, -0.2) is 12.0 Å². The van der Waals surface area contributed by atoms with E-state index in [-0.39, 0.29) is 5.41 Å². The number of hydrogen-bond acceptors (Lipinski definition) is 4. The molecule has 0 saturated carbocycles. The molecule has 1 aromatic heterocycles. The van der Waals surface area contributed by atoms with E-state index >= 15 is 0 Å². The van der Waals surface area contributed by atoms with Crippen molar-refractivity contribution in [2.24, 2.45) is 5.11 Å². The lowest BCUT2D eigenvalue weighted by Crippen LogP contribution is -2.11. The highest BCUT2D eigenvalue weighted by molar-refractivity contribution is 5.61. The second kappa shape index (κ2) is 3.74. The van der Waals surface area contributed by atoms with Gasteiger partial charge in [-0.05, 0) is 17.0 Å². The highest BCUT2D eigenvalue weighted by Crippen LogP contribution is 2.28. The molecule has 0 saturated heterocycles. The standard InChI is InChI=1S/C10H16N4/c1-10(2,3)7-5-8(12-4)9(14-11)13-6-7/h5-6,11-12H,1-4H3. The predicted octanol–water partition coefficient (Wildman–Crippen LogP) is 3.08. The van der Waals surface area contributed by atoms with Crippen molar-refractivity contribution in [1.82, 2.24) is 4.98 Å². The van der Waals surface area contributed by atoms with Gasteiger partial charge >= 0.3 is 0 Å². The van der Waals surface area contributed by atoms with E-state index in [4.69, 9.17) is 5.53 Å². The molecule has 14 heavy (non-hydrogen) atoms. The van der Waals surface area contributed by atoms with E-state index in [1.54, 1.807) is 13.2 Å². The molecule has 1 aromatic rings. The Balaban J connectivity index is 3.21. The first-order chi connectivity index (χ1) is 6.49. The van der Waals surface area contributed by atoms with E-state index < -0.39 is 0 Å². The summed E-state index contributed by atoms with van der Waals surface area (Å²) in [5.41, 5.74) is 8.94. The van der Waals surface area contributed by atoms with E-state index in [9.17, 15) is 0 Å². The van der Waals surface area contributed by atoms with Crippen LogP contribution in [-0.2, 0) is 5.41 Å². The number of aromatic nitrogens is 1. The smallest absolute Gasteiger partial charge is 0.197 e. The number of nitrogens with zero attached hydrogens (tertiary/aromatic N) is 2. The lowest BCUT2D eigenvalue weighted by molar-refractivity contribution is 0.588. The van der Waals surface area contributed by atoms with Crippen molar-refractivity contribution < 1.29 is 0 Å². The van der Waals surface area contributed by atoms with Crippen molar-refractivity contribution >= 4 is 11.5 Å². The molecule has 0 unspecified atom stereocenters. The second-order valence-corrected chi connectivity index (χ2v) is 4.21. The van der Waals surface area contributed by atoms with Crippen LogP contribution in [0.3, 0.4) is 0 Å². The summed E-state index contributed by atoms with van der Waals surface area (Å²) in [6.07, 6.45) is 1.77. The Bertz CT molecular complexity index is 338. The van der Waals surface area contributed by atoms with Gasteiger partial charge in [0.25, 0.3) is 0 Å². The van der Waals surface area contributed by atoms with Gasteiger partial charge in [-0.15, -0.1) is 5.11 Å². The number of pyridine rings is 1. The van der Waals surface area contributed by atoms with E-state index in [1.807, 2.05) is 6.07 Å². The van der Waals surface area contributed by atoms with Crippen LogP contribution in [0.15, 0.2) is 17.4 Å². The first-order valence-corrected chi connectivity index (χ1v) is 4.55. The van der Waals surface area contributed by atoms with Gasteiger partial charge < -0.3 is 5.32 Å². The Morgan fingerprint density at radius 3 is 2.50 bits per heavy atom. The summed E-state index contributed by atoms with van der Waals surface area (Å²) in [6.45, 7) is 6.38. The number of nitrogens with one attached hydrogen (secondary N) is 2. The molecule has 0 atom stereocenters. The van der Waals surface area contributed by atoms with Gasteiger partial charge in [0.2, 0.25) is 0 Å². The molecule has 0 aromatic carbocycles. The maximum absolute atomic E-state index is 6.94. The van der Waals surface area contributed by atoms with Crippen molar-refractivity contribution in [3.05, 3.63) is 17.8 Å². The van der Waals surface area contributed by atoms with Crippen LogP contribution in [0.5, 0.6) is 0 Å². The summed E-state index contributed by atoms with van der Waals surface area (Å²) >= 11 is 0. The summed E-state index contributed by atoms with van der Waals surface area (Å²) in [7, 11) is 1.80. The quantitative estimate of drug-likeness (QED) is 0.707. The lowest BCUT2D eigenvalue weighted by atomic mass is 9.88. The third-order valence-corrected chi connectivity index (χ3v) is 2.11. The van der Waals surface area contributed by atoms with Gasteiger partial charge in [-0.2, -0.15) is 0 Å². The zero-order valence-electron chi connectivity index (χ0n) is 9.05. The molecule has 0 aliphatic carbocycles. The maximum Gasteiger partial charge on any atom is 0.197 e. The Morgan fingerprint density at radius 2 is 2.07 bits per heavy atom. The van der Waals surface area contributed by atoms with E-state index in [0.29, 0.717) is 5.82 Å². The topological polar surface area (TPSA) is 61.1 Å². The fraction of sp³-hybridized carbons (Fsp3) is 0.500. The molecule has 1 rings (SSSR count). The first-order valence-electron chi connectivity index (χ1n) is 4.55. The normalized spacial score (nSPS) is 11.1. The SMILES string of the molecule is CNc1cc(C(C)(C)C)cnc1N=N. The summed E-state index contributed by atoms with van der Waals surface area (Å²) in [6, 6.07) is 1.99. The predicted molar refractivity (Wildman–Crippen MR) is 57.3 cm³/mol. The molecule has 0 aliphatic rings. The minimum Gasteiger partial charge on any atom is -0.385 e. The van der Waals surface area contributed by atoms with E-state index in [2.05, 4.69) is 36.2 Å². The average molecular weight is 192 g/mol. The van der Waals surface area contributed by atoms with Crippen LogP contribution < -0.4 is 5.32 Å². The fourth-order valence-corrected chi connectivity index (χ4v) is 1.14. The molecule has 0 radical (unpaired) electrons. The van der Waals surface area contributed by atoms with Gasteiger partial charge in [-0.25, -0.2) is 10.5 Å². The summed E-state index contributed by atoms with van der Waals surface area (Å²) < 4.78 is 0. The van der Waals surface area contributed by atoms with Crippen molar-refractivity contribution in [3.63, 3.8) is 0 Å². The van der Waals surface area contributed by atoms with E-state index in [0.717, 1.165) is 11.3 Å². The number of rotatable bonds is 2. The van der Waals surface area contributed by atoms with Crippen molar-refractivity contribution in [2.75, 3.05) is 12.4 Å². The van der Waals surface area contributed by atoms with Crippen molar-refractivity contribution in [3.8, 4) is 0 Å². The second-order valence-electron chi connectivity index (χ2n) is 4.21. The fourth-order valence-electron chi connectivity index (χ4n) is 1.14. The van der Waals surface area contributed by atoms with Gasteiger partial charge in [0.05, 0.1) is 5.69 Å². The molecule has 0 bridgehead atoms. The molecular weight excluding hydrogens is 176 g/mol. The molecule has 0 fully saturated rings. The molecular formula is C10H16N4. The first kappa shape index (κ1) is 10.6. The molecule has 0 amide bonds. The molecule has 2 N–H and O–H groups in total. The van der Waals surface area contributed by atoms with Crippen LogP contribution in [0, 0.1) is 5.53 Å². The largest absolute Gasteiger partial charge is 0.385 e. The average Bonchev–Trinajstić information content (AvgIpc) is 2.15. The monoisotopic (exact) mass is 192 g/mol. The highest BCUT2D eigenvalue weighted by atomic mass is 15.1. The summed E-state index contributed by atoms with van der Waals surface area (Å²) in [4.78, 5) is 4.12. The van der Waals surface area contributed by atoms with Crippen molar-refractivity contribution in [2.45, 2.75) is 26.2 Å². The van der Waals surface area contributed by atoms with Gasteiger partial charge in [0.15, 0.2) is 5.82 Å². The van der Waals surface area contributed by atoms with E-state index in [1.165, 1.54) is 0 Å². The minimum atomic E-state index is 0.0686. The third kappa shape index (κ3) is 2.07. The summed E-state index contributed by atoms with van der Waals surface area (Å²) in [5, 5.41) is 6.32.